The van der Waals surface area contributed by atoms with Crippen LogP contribution in [0.5, 0.6) is 5.75 Å². The van der Waals surface area contributed by atoms with Crippen LogP contribution in [0.3, 0.4) is 0 Å². The normalized spacial score (nSPS) is 20.7. The number of nitrogens with zero attached hydrogens (tertiary/aromatic N) is 2. The molecule has 0 saturated carbocycles. The summed E-state index contributed by atoms with van der Waals surface area (Å²) in [5.41, 5.74) is 0.452. The van der Waals surface area contributed by atoms with Crippen molar-refractivity contribution in [2.45, 2.75) is 38.6 Å². The minimum absolute atomic E-state index is 0.0917. The summed E-state index contributed by atoms with van der Waals surface area (Å²) in [7, 11) is 0. The molecule has 1 N–H and O–H groups in total. The smallest absolute Gasteiger partial charge is 0.322 e. The molecule has 136 valence electrons. The predicted molar refractivity (Wildman–Crippen MR) is 92.1 cm³/mol. The number of anilines is 1. The number of piperidine rings is 1. The van der Waals surface area contributed by atoms with Gasteiger partial charge >= 0.3 is 6.03 Å². The van der Waals surface area contributed by atoms with Crippen molar-refractivity contribution in [2.24, 2.45) is 0 Å². The first-order valence-electron chi connectivity index (χ1n) is 8.86. The number of hydrogen-bond acceptors (Lipinski definition) is 3. The van der Waals surface area contributed by atoms with Gasteiger partial charge in [-0.1, -0.05) is 0 Å². The number of urea groups is 1. The van der Waals surface area contributed by atoms with Gasteiger partial charge < -0.3 is 19.9 Å². The molecule has 1 aromatic carbocycles. The van der Waals surface area contributed by atoms with E-state index < -0.39 is 5.82 Å². The third kappa shape index (κ3) is 4.03. The summed E-state index contributed by atoms with van der Waals surface area (Å²) >= 11 is 0. The van der Waals surface area contributed by atoms with Crippen LogP contribution in [0, 0.1) is 5.82 Å². The zero-order valence-electron chi connectivity index (χ0n) is 14.5. The molecule has 0 aliphatic carbocycles. The number of carbonyl (C=O) groups is 2. The molecular weight excluding hydrogens is 325 g/mol. The Labute approximate surface area is 146 Å². The van der Waals surface area contributed by atoms with Crippen LogP contribution >= 0.6 is 0 Å². The fourth-order valence-corrected chi connectivity index (χ4v) is 3.52. The summed E-state index contributed by atoms with van der Waals surface area (Å²) in [6.07, 6.45) is 3.30. The minimum Gasteiger partial charge on any atom is -0.492 e. The molecule has 6 nitrogen and oxygen atoms in total. The quantitative estimate of drug-likeness (QED) is 0.909. The Morgan fingerprint density at radius 1 is 1.36 bits per heavy atom. The highest BCUT2D eigenvalue weighted by Crippen LogP contribution is 2.27. The van der Waals surface area contributed by atoms with E-state index in [2.05, 4.69) is 5.32 Å². The number of likely N-dealkylation sites (tertiary alicyclic amines) is 2. The molecule has 25 heavy (non-hydrogen) atoms. The van der Waals surface area contributed by atoms with Crippen molar-refractivity contribution in [1.82, 2.24) is 9.80 Å². The Balaban J connectivity index is 1.66. The van der Waals surface area contributed by atoms with Crippen molar-refractivity contribution < 1.29 is 18.7 Å². The maximum atomic E-state index is 13.4. The second-order valence-corrected chi connectivity index (χ2v) is 6.44. The molecule has 0 radical (unpaired) electrons. The number of nitrogens with one attached hydrogen (secondary N) is 1. The molecule has 0 aromatic heterocycles. The Morgan fingerprint density at radius 2 is 2.20 bits per heavy atom. The molecule has 2 saturated heterocycles. The largest absolute Gasteiger partial charge is 0.492 e. The number of amides is 3. The van der Waals surface area contributed by atoms with Crippen LogP contribution in [0.2, 0.25) is 0 Å². The highest BCUT2D eigenvalue weighted by molar-refractivity contribution is 5.91. The van der Waals surface area contributed by atoms with E-state index in [1.807, 2.05) is 4.90 Å². The van der Waals surface area contributed by atoms with Crippen molar-refractivity contribution in [3.8, 4) is 5.75 Å². The molecule has 0 spiro atoms. The van der Waals surface area contributed by atoms with Crippen molar-refractivity contribution in [3.63, 3.8) is 0 Å². The summed E-state index contributed by atoms with van der Waals surface area (Å²) < 4.78 is 18.8. The summed E-state index contributed by atoms with van der Waals surface area (Å²) in [5, 5.41) is 2.81. The van der Waals surface area contributed by atoms with E-state index in [-0.39, 0.29) is 18.0 Å². The van der Waals surface area contributed by atoms with Crippen LogP contribution in [0.15, 0.2) is 18.2 Å². The molecule has 1 aromatic rings. The zero-order valence-corrected chi connectivity index (χ0v) is 14.5. The minimum atomic E-state index is -0.410. The molecule has 3 amide bonds. The van der Waals surface area contributed by atoms with Crippen LogP contribution in [0.25, 0.3) is 0 Å². The van der Waals surface area contributed by atoms with E-state index in [9.17, 15) is 14.0 Å². The SMILES string of the molecule is CCOc1cc(F)ccc1NC(=O)N1CCC[C@@H](N2CCCC2=O)C1. The van der Waals surface area contributed by atoms with Crippen molar-refractivity contribution in [3.05, 3.63) is 24.0 Å². The molecule has 2 heterocycles. The second-order valence-electron chi connectivity index (χ2n) is 6.44. The first kappa shape index (κ1) is 17.5. The standard InChI is InChI=1S/C18H24FN3O3/c1-2-25-16-11-13(19)7-8-15(16)20-18(24)21-9-3-5-14(12-21)22-10-4-6-17(22)23/h7-8,11,14H,2-6,9-10,12H2,1H3,(H,20,24)/t14-/m1/s1. The fraction of sp³-hybridized carbons (Fsp3) is 0.556. The average molecular weight is 349 g/mol. The maximum Gasteiger partial charge on any atom is 0.322 e. The van der Waals surface area contributed by atoms with Gasteiger partial charge in [-0.15, -0.1) is 0 Å². The summed E-state index contributed by atoms with van der Waals surface area (Å²) in [5.74, 6) is 0.0931. The predicted octanol–water partition coefficient (Wildman–Crippen LogP) is 2.84. The van der Waals surface area contributed by atoms with E-state index >= 15 is 0 Å². The van der Waals surface area contributed by atoms with Gasteiger partial charge in [-0.25, -0.2) is 9.18 Å². The maximum absolute atomic E-state index is 13.4. The van der Waals surface area contributed by atoms with E-state index in [1.54, 1.807) is 11.8 Å². The van der Waals surface area contributed by atoms with Crippen molar-refractivity contribution in [2.75, 3.05) is 31.6 Å². The molecular formula is C18H24FN3O3. The molecule has 3 rings (SSSR count). The Hall–Kier alpha value is -2.31. The second kappa shape index (κ2) is 7.72. The number of ether oxygens (including phenoxy) is 1. The lowest BCUT2D eigenvalue weighted by atomic mass is 10.0. The number of carbonyl (C=O) groups excluding carboxylic acids is 2. The Kier molecular flexibility index (Phi) is 5.40. The van der Waals surface area contributed by atoms with Gasteiger partial charge in [0.05, 0.1) is 12.3 Å². The van der Waals surface area contributed by atoms with E-state index in [4.69, 9.17) is 4.74 Å². The van der Waals surface area contributed by atoms with Crippen LogP contribution in [-0.4, -0.2) is 54.0 Å². The highest BCUT2D eigenvalue weighted by atomic mass is 19.1. The monoisotopic (exact) mass is 349 g/mol. The number of rotatable bonds is 4. The number of hydrogen-bond donors (Lipinski definition) is 1. The third-order valence-corrected chi connectivity index (χ3v) is 4.72. The molecule has 7 heteroatoms. The van der Waals surface area contributed by atoms with Gasteiger partial charge in [-0.05, 0) is 38.3 Å². The summed E-state index contributed by atoms with van der Waals surface area (Å²) in [6.45, 7) is 4.15. The zero-order chi connectivity index (χ0) is 17.8. The van der Waals surface area contributed by atoms with Gasteiger partial charge in [-0.2, -0.15) is 0 Å². The topological polar surface area (TPSA) is 61.9 Å². The fourth-order valence-electron chi connectivity index (χ4n) is 3.52. The van der Waals surface area contributed by atoms with E-state index in [0.717, 1.165) is 25.8 Å². The van der Waals surface area contributed by atoms with Crippen LogP contribution in [-0.2, 0) is 4.79 Å². The number of benzene rings is 1. The summed E-state index contributed by atoms with van der Waals surface area (Å²) in [6, 6.07) is 3.91. The lowest BCUT2D eigenvalue weighted by molar-refractivity contribution is -0.130. The van der Waals surface area contributed by atoms with Gasteiger partial charge in [0.25, 0.3) is 0 Å². The van der Waals surface area contributed by atoms with Crippen LogP contribution in [0.4, 0.5) is 14.9 Å². The van der Waals surface area contributed by atoms with Gasteiger partial charge in [0, 0.05) is 38.2 Å². The third-order valence-electron chi connectivity index (χ3n) is 4.72. The van der Waals surface area contributed by atoms with Gasteiger partial charge in [0.15, 0.2) is 0 Å². The average Bonchev–Trinajstić information content (AvgIpc) is 3.03. The van der Waals surface area contributed by atoms with Crippen LogP contribution in [0.1, 0.15) is 32.6 Å². The van der Waals surface area contributed by atoms with Crippen molar-refractivity contribution in [1.29, 1.82) is 0 Å². The molecule has 1 atom stereocenters. The van der Waals surface area contributed by atoms with Crippen LogP contribution < -0.4 is 10.1 Å². The van der Waals surface area contributed by atoms with Gasteiger partial charge in [0.2, 0.25) is 5.91 Å². The molecule has 0 unspecified atom stereocenters. The van der Waals surface area contributed by atoms with E-state index in [0.29, 0.717) is 37.6 Å². The highest BCUT2D eigenvalue weighted by Gasteiger charge is 2.32. The molecule has 2 aliphatic heterocycles. The van der Waals surface area contributed by atoms with Gasteiger partial charge in [-0.3, -0.25) is 4.79 Å². The molecule has 0 bridgehead atoms. The molecule has 2 aliphatic rings. The van der Waals surface area contributed by atoms with E-state index in [1.165, 1.54) is 18.2 Å². The van der Waals surface area contributed by atoms with Crippen molar-refractivity contribution >= 4 is 17.6 Å². The first-order valence-corrected chi connectivity index (χ1v) is 8.86. The lowest BCUT2D eigenvalue weighted by Crippen LogP contribution is -2.51. The first-order chi connectivity index (χ1) is 12.1. The Bertz CT molecular complexity index is 652. The molecule has 2 fully saturated rings. The van der Waals surface area contributed by atoms with Gasteiger partial charge in [0.1, 0.15) is 11.6 Å². The number of halogens is 1. The summed E-state index contributed by atoms with van der Waals surface area (Å²) in [4.78, 5) is 28.2. The lowest BCUT2D eigenvalue weighted by Gasteiger charge is -2.37. The Morgan fingerprint density at radius 3 is 2.92 bits per heavy atom.